The van der Waals surface area contributed by atoms with Gasteiger partial charge in [-0.05, 0) is 25.5 Å². The molecule has 2 aromatic heterocycles. The van der Waals surface area contributed by atoms with E-state index in [1.54, 1.807) is 23.6 Å². The summed E-state index contributed by atoms with van der Waals surface area (Å²) >= 11 is 0. The molecule has 0 fully saturated rings. The fourth-order valence-electron chi connectivity index (χ4n) is 1.85. The van der Waals surface area contributed by atoms with Crippen LogP contribution < -0.4 is 4.74 Å². The average Bonchev–Trinajstić information content (AvgIpc) is 2.66. The van der Waals surface area contributed by atoms with E-state index in [0.29, 0.717) is 23.7 Å². The topological polar surface area (TPSA) is 63.8 Å². The maximum atomic E-state index is 11.2. The van der Waals surface area contributed by atoms with Crippen LogP contribution in [0.4, 0.5) is 0 Å². The molecule has 18 heavy (non-hydrogen) atoms. The van der Waals surface area contributed by atoms with Crippen molar-refractivity contribution in [2.75, 3.05) is 6.61 Å². The monoisotopic (exact) mass is 248 g/mol. The lowest BCUT2D eigenvalue weighted by molar-refractivity contribution is 0.0688. The Bertz CT molecular complexity index is 575. The van der Waals surface area contributed by atoms with E-state index < -0.39 is 5.97 Å². The Morgan fingerprint density at radius 2 is 2.33 bits per heavy atom. The maximum Gasteiger partial charge on any atom is 0.354 e. The number of pyridine rings is 1. The minimum absolute atomic E-state index is 0.186. The van der Waals surface area contributed by atoms with E-state index in [1.165, 1.54) is 0 Å². The van der Waals surface area contributed by atoms with Crippen molar-refractivity contribution in [2.24, 2.45) is 0 Å². The van der Waals surface area contributed by atoms with E-state index in [1.807, 2.05) is 6.07 Å². The lowest BCUT2D eigenvalue weighted by Gasteiger charge is -2.06. The van der Waals surface area contributed by atoms with Crippen LogP contribution in [0.3, 0.4) is 0 Å². The van der Waals surface area contributed by atoms with Crippen LogP contribution in [0.1, 0.15) is 35.9 Å². The van der Waals surface area contributed by atoms with Crippen molar-refractivity contribution in [3.8, 4) is 5.75 Å². The molecule has 96 valence electrons. The third-order valence-electron chi connectivity index (χ3n) is 2.75. The second kappa shape index (κ2) is 5.08. The first-order chi connectivity index (χ1) is 8.65. The molecule has 2 rings (SSSR count). The molecule has 0 atom stereocenters. The maximum absolute atomic E-state index is 11.2. The summed E-state index contributed by atoms with van der Waals surface area (Å²) in [6, 6.07) is 3.57. The molecule has 0 saturated heterocycles. The zero-order valence-electron chi connectivity index (χ0n) is 10.5. The molecule has 0 unspecified atom stereocenters. The Labute approximate surface area is 105 Å². The van der Waals surface area contributed by atoms with E-state index in [9.17, 15) is 4.79 Å². The molecule has 5 heteroatoms. The first-order valence-electron chi connectivity index (χ1n) is 5.99. The molecular formula is C13H16N2O3. The number of carbonyl (C=O) groups is 1. The molecule has 0 aliphatic rings. The normalized spacial score (nSPS) is 10.8. The van der Waals surface area contributed by atoms with Gasteiger partial charge in [0.25, 0.3) is 0 Å². The van der Waals surface area contributed by atoms with Gasteiger partial charge in [0.2, 0.25) is 0 Å². The van der Waals surface area contributed by atoms with Gasteiger partial charge >= 0.3 is 5.97 Å². The highest BCUT2D eigenvalue weighted by atomic mass is 16.5. The lowest BCUT2D eigenvalue weighted by atomic mass is 10.3. The van der Waals surface area contributed by atoms with Crippen molar-refractivity contribution in [1.82, 2.24) is 9.38 Å². The number of ether oxygens (including phenoxy) is 1. The summed E-state index contributed by atoms with van der Waals surface area (Å²) in [5, 5.41) is 9.16. The molecule has 0 radical (unpaired) electrons. The van der Waals surface area contributed by atoms with Gasteiger partial charge < -0.3 is 9.84 Å². The van der Waals surface area contributed by atoms with Crippen LogP contribution in [0.5, 0.6) is 5.75 Å². The van der Waals surface area contributed by atoms with Crippen LogP contribution in [0.25, 0.3) is 5.65 Å². The highest BCUT2D eigenvalue weighted by molar-refractivity contribution is 5.88. The number of carboxylic acid groups (broad SMARTS) is 1. The average molecular weight is 248 g/mol. The number of nitrogens with zero attached hydrogens (tertiary/aromatic N) is 2. The van der Waals surface area contributed by atoms with Crippen LogP contribution in [-0.2, 0) is 0 Å². The molecule has 5 nitrogen and oxygen atoms in total. The molecule has 0 aliphatic heterocycles. The largest absolute Gasteiger partial charge is 0.490 e. The van der Waals surface area contributed by atoms with E-state index in [4.69, 9.17) is 9.84 Å². The Kier molecular flexibility index (Phi) is 3.50. The third-order valence-corrected chi connectivity index (χ3v) is 2.75. The van der Waals surface area contributed by atoms with E-state index in [-0.39, 0.29) is 5.69 Å². The fourth-order valence-corrected chi connectivity index (χ4v) is 1.85. The summed E-state index contributed by atoms with van der Waals surface area (Å²) in [5.74, 6) is -0.354. The second-order valence-corrected chi connectivity index (χ2v) is 4.12. The first kappa shape index (κ1) is 12.4. The molecule has 0 amide bonds. The molecule has 2 heterocycles. The molecule has 0 bridgehead atoms. The molecule has 0 aromatic carbocycles. The zero-order chi connectivity index (χ0) is 13.1. The van der Waals surface area contributed by atoms with Crippen molar-refractivity contribution in [3.05, 3.63) is 29.7 Å². The van der Waals surface area contributed by atoms with Gasteiger partial charge in [-0.15, -0.1) is 0 Å². The number of fused-ring (bicyclic) bond motifs is 1. The standard InChI is InChI=1S/C13H16N2O3/c1-3-4-8-18-10-6-5-7-15-11(13(16)17)9(2)14-12(10)15/h5-7H,3-4,8H2,1-2H3,(H,16,17). The van der Waals surface area contributed by atoms with Gasteiger partial charge in [-0.1, -0.05) is 13.3 Å². The van der Waals surface area contributed by atoms with Gasteiger partial charge in [-0.3, -0.25) is 4.40 Å². The number of hydrogen-bond donors (Lipinski definition) is 1. The van der Waals surface area contributed by atoms with Gasteiger partial charge in [0.15, 0.2) is 17.1 Å². The number of aryl methyl sites for hydroxylation is 1. The van der Waals surface area contributed by atoms with Crippen LogP contribution in [0.15, 0.2) is 18.3 Å². The second-order valence-electron chi connectivity index (χ2n) is 4.12. The van der Waals surface area contributed by atoms with E-state index >= 15 is 0 Å². The number of imidazole rings is 1. The molecule has 1 N–H and O–H groups in total. The molecule has 0 saturated carbocycles. The summed E-state index contributed by atoms with van der Waals surface area (Å²) in [6.07, 6.45) is 3.70. The molecule has 0 aliphatic carbocycles. The van der Waals surface area contributed by atoms with Crippen molar-refractivity contribution in [1.29, 1.82) is 0 Å². The number of aromatic carboxylic acids is 1. The van der Waals surface area contributed by atoms with Gasteiger partial charge in [0.05, 0.1) is 12.3 Å². The van der Waals surface area contributed by atoms with Crippen molar-refractivity contribution in [3.63, 3.8) is 0 Å². The number of rotatable bonds is 5. The highest BCUT2D eigenvalue weighted by Gasteiger charge is 2.17. The van der Waals surface area contributed by atoms with Crippen molar-refractivity contribution in [2.45, 2.75) is 26.7 Å². The number of hydrogen-bond acceptors (Lipinski definition) is 3. The highest BCUT2D eigenvalue weighted by Crippen LogP contribution is 2.22. The zero-order valence-corrected chi connectivity index (χ0v) is 10.5. The summed E-state index contributed by atoms with van der Waals surface area (Å²) < 4.78 is 7.19. The van der Waals surface area contributed by atoms with Gasteiger partial charge in [0, 0.05) is 6.20 Å². The summed E-state index contributed by atoms with van der Waals surface area (Å²) in [5.41, 5.74) is 1.24. The minimum Gasteiger partial charge on any atom is -0.490 e. The predicted molar refractivity (Wildman–Crippen MR) is 67.3 cm³/mol. The van der Waals surface area contributed by atoms with E-state index in [0.717, 1.165) is 12.8 Å². The van der Waals surface area contributed by atoms with E-state index in [2.05, 4.69) is 11.9 Å². The number of unbranched alkanes of at least 4 members (excludes halogenated alkanes) is 1. The first-order valence-corrected chi connectivity index (χ1v) is 5.99. The summed E-state index contributed by atoms with van der Waals surface area (Å²) in [4.78, 5) is 15.4. The number of aromatic nitrogens is 2. The summed E-state index contributed by atoms with van der Waals surface area (Å²) in [7, 11) is 0. The Hall–Kier alpha value is -2.04. The SMILES string of the molecule is CCCCOc1cccn2c(C(=O)O)c(C)nc12. The Morgan fingerprint density at radius 1 is 1.56 bits per heavy atom. The van der Waals surface area contributed by atoms with Crippen LogP contribution >= 0.6 is 0 Å². The fraction of sp³-hybridized carbons (Fsp3) is 0.385. The number of carboxylic acids is 1. The van der Waals surface area contributed by atoms with Gasteiger partial charge in [-0.2, -0.15) is 0 Å². The lowest BCUT2D eigenvalue weighted by Crippen LogP contribution is -2.04. The smallest absolute Gasteiger partial charge is 0.354 e. The molecule has 0 spiro atoms. The van der Waals surface area contributed by atoms with Crippen molar-refractivity contribution < 1.29 is 14.6 Å². The van der Waals surface area contributed by atoms with Gasteiger partial charge in [-0.25, -0.2) is 9.78 Å². The molecular weight excluding hydrogens is 232 g/mol. The van der Waals surface area contributed by atoms with Crippen LogP contribution in [0.2, 0.25) is 0 Å². The Balaban J connectivity index is 2.44. The third kappa shape index (κ3) is 2.16. The quantitative estimate of drug-likeness (QED) is 0.826. The minimum atomic E-state index is -0.981. The predicted octanol–water partition coefficient (Wildman–Crippen LogP) is 2.52. The Morgan fingerprint density at radius 3 is 3.00 bits per heavy atom. The summed E-state index contributed by atoms with van der Waals surface area (Å²) in [6.45, 7) is 4.39. The van der Waals surface area contributed by atoms with Gasteiger partial charge in [0.1, 0.15) is 0 Å². The molecule has 2 aromatic rings. The van der Waals surface area contributed by atoms with Crippen molar-refractivity contribution >= 4 is 11.6 Å². The van der Waals surface area contributed by atoms with Crippen LogP contribution in [-0.4, -0.2) is 27.1 Å². The van der Waals surface area contributed by atoms with Crippen LogP contribution in [0, 0.1) is 6.92 Å².